The summed E-state index contributed by atoms with van der Waals surface area (Å²) < 4.78 is 0. The SMILES string of the molecule is N#CCc1ncc(-c2ccc3nc[nH]c3c2)[nH]1. The molecule has 0 aliphatic heterocycles. The molecule has 5 heteroatoms. The summed E-state index contributed by atoms with van der Waals surface area (Å²) in [5.74, 6) is 0.687. The average Bonchev–Trinajstić information content (AvgIpc) is 2.96. The van der Waals surface area contributed by atoms with Gasteiger partial charge in [0.1, 0.15) is 5.82 Å². The lowest BCUT2D eigenvalue weighted by atomic mass is 10.1. The third-order valence-electron chi connectivity index (χ3n) is 2.61. The summed E-state index contributed by atoms with van der Waals surface area (Å²) in [5.41, 5.74) is 3.86. The van der Waals surface area contributed by atoms with Crippen molar-refractivity contribution in [1.29, 1.82) is 5.26 Å². The van der Waals surface area contributed by atoms with Crippen molar-refractivity contribution < 1.29 is 0 Å². The Labute approximate surface area is 97.2 Å². The zero-order chi connectivity index (χ0) is 11.7. The zero-order valence-electron chi connectivity index (χ0n) is 8.94. The van der Waals surface area contributed by atoms with E-state index < -0.39 is 0 Å². The Morgan fingerprint density at radius 1 is 1.29 bits per heavy atom. The molecular formula is C12H9N5. The molecule has 3 rings (SSSR count). The molecule has 0 saturated heterocycles. The van der Waals surface area contributed by atoms with E-state index in [1.807, 2.05) is 18.2 Å². The molecule has 0 bridgehead atoms. The van der Waals surface area contributed by atoms with E-state index >= 15 is 0 Å². The second-order valence-corrected chi connectivity index (χ2v) is 3.71. The molecule has 82 valence electrons. The highest BCUT2D eigenvalue weighted by Gasteiger charge is 2.04. The van der Waals surface area contributed by atoms with Gasteiger partial charge in [-0.2, -0.15) is 5.26 Å². The van der Waals surface area contributed by atoms with Crippen LogP contribution >= 0.6 is 0 Å². The number of hydrogen-bond acceptors (Lipinski definition) is 3. The molecular weight excluding hydrogens is 214 g/mol. The summed E-state index contributed by atoms with van der Waals surface area (Å²) in [6.45, 7) is 0. The van der Waals surface area contributed by atoms with E-state index in [2.05, 4.69) is 26.0 Å². The summed E-state index contributed by atoms with van der Waals surface area (Å²) in [7, 11) is 0. The Morgan fingerprint density at radius 3 is 3.12 bits per heavy atom. The summed E-state index contributed by atoms with van der Waals surface area (Å²) >= 11 is 0. The topological polar surface area (TPSA) is 81.2 Å². The molecule has 2 aromatic heterocycles. The quantitative estimate of drug-likeness (QED) is 0.697. The van der Waals surface area contributed by atoms with Crippen LogP contribution in [0.25, 0.3) is 22.3 Å². The predicted molar refractivity (Wildman–Crippen MR) is 63.0 cm³/mol. The maximum atomic E-state index is 8.59. The van der Waals surface area contributed by atoms with Crippen LogP contribution in [0.4, 0.5) is 0 Å². The Morgan fingerprint density at radius 2 is 2.24 bits per heavy atom. The van der Waals surface area contributed by atoms with Crippen LogP contribution in [0.2, 0.25) is 0 Å². The van der Waals surface area contributed by atoms with Crippen molar-refractivity contribution in [3.63, 3.8) is 0 Å². The van der Waals surface area contributed by atoms with Crippen molar-refractivity contribution in [2.75, 3.05) is 0 Å². The molecule has 0 unspecified atom stereocenters. The molecule has 2 heterocycles. The van der Waals surface area contributed by atoms with Crippen molar-refractivity contribution >= 4 is 11.0 Å². The van der Waals surface area contributed by atoms with Gasteiger partial charge in [0.2, 0.25) is 0 Å². The van der Waals surface area contributed by atoms with Gasteiger partial charge in [-0.15, -0.1) is 0 Å². The van der Waals surface area contributed by atoms with Gasteiger partial charge < -0.3 is 9.97 Å². The molecule has 0 radical (unpaired) electrons. The van der Waals surface area contributed by atoms with Crippen LogP contribution < -0.4 is 0 Å². The molecule has 1 aromatic carbocycles. The first-order valence-electron chi connectivity index (χ1n) is 5.21. The lowest BCUT2D eigenvalue weighted by Gasteiger charge is -1.97. The molecule has 2 N–H and O–H groups in total. The van der Waals surface area contributed by atoms with E-state index in [0.717, 1.165) is 22.3 Å². The second-order valence-electron chi connectivity index (χ2n) is 3.71. The molecule has 0 saturated carbocycles. The third-order valence-corrected chi connectivity index (χ3v) is 2.61. The Balaban J connectivity index is 2.04. The summed E-state index contributed by atoms with van der Waals surface area (Å²) in [5, 5.41) is 8.59. The van der Waals surface area contributed by atoms with E-state index in [1.54, 1.807) is 12.5 Å². The Hall–Kier alpha value is -2.61. The molecule has 0 fully saturated rings. The number of aromatic nitrogens is 4. The number of nitrogens with zero attached hydrogens (tertiary/aromatic N) is 3. The van der Waals surface area contributed by atoms with Crippen LogP contribution in [-0.4, -0.2) is 19.9 Å². The van der Waals surface area contributed by atoms with Crippen LogP contribution in [0.5, 0.6) is 0 Å². The average molecular weight is 223 g/mol. The van der Waals surface area contributed by atoms with Gasteiger partial charge in [-0.3, -0.25) is 0 Å². The predicted octanol–water partition coefficient (Wildman–Crippen LogP) is 2.02. The molecule has 17 heavy (non-hydrogen) atoms. The molecule has 3 aromatic rings. The number of hydrogen-bond donors (Lipinski definition) is 2. The summed E-state index contributed by atoms with van der Waals surface area (Å²) in [6, 6.07) is 8.00. The molecule has 0 amide bonds. The molecule has 0 aliphatic rings. The van der Waals surface area contributed by atoms with Crippen molar-refractivity contribution in [1.82, 2.24) is 19.9 Å². The first kappa shape index (κ1) is 9.60. The van der Waals surface area contributed by atoms with E-state index in [0.29, 0.717) is 12.2 Å². The fourth-order valence-corrected chi connectivity index (χ4v) is 1.78. The number of imidazole rings is 2. The monoisotopic (exact) mass is 223 g/mol. The van der Waals surface area contributed by atoms with Crippen LogP contribution in [-0.2, 0) is 6.42 Å². The lowest BCUT2D eigenvalue weighted by Crippen LogP contribution is -1.84. The minimum Gasteiger partial charge on any atom is -0.345 e. The fraction of sp³-hybridized carbons (Fsp3) is 0.0833. The molecule has 0 spiro atoms. The van der Waals surface area contributed by atoms with Crippen LogP contribution in [0.15, 0.2) is 30.7 Å². The third kappa shape index (κ3) is 1.66. The van der Waals surface area contributed by atoms with Crippen molar-refractivity contribution in [3.8, 4) is 17.3 Å². The minimum absolute atomic E-state index is 0.298. The van der Waals surface area contributed by atoms with E-state index in [-0.39, 0.29) is 0 Å². The first-order chi connectivity index (χ1) is 8.36. The molecule has 0 aliphatic carbocycles. The maximum Gasteiger partial charge on any atom is 0.120 e. The van der Waals surface area contributed by atoms with Gasteiger partial charge in [-0.1, -0.05) is 6.07 Å². The number of nitriles is 1. The molecule has 5 nitrogen and oxygen atoms in total. The van der Waals surface area contributed by atoms with Gasteiger partial charge in [-0.25, -0.2) is 9.97 Å². The first-order valence-corrected chi connectivity index (χ1v) is 5.21. The number of fused-ring (bicyclic) bond motifs is 1. The van der Waals surface area contributed by atoms with Crippen LogP contribution in [0.1, 0.15) is 5.82 Å². The normalized spacial score (nSPS) is 10.5. The van der Waals surface area contributed by atoms with Gasteiger partial charge in [-0.05, 0) is 12.1 Å². The number of rotatable bonds is 2. The largest absolute Gasteiger partial charge is 0.345 e. The van der Waals surface area contributed by atoms with Crippen LogP contribution in [0.3, 0.4) is 0 Å². The van der Waals surface area contributed by atoms with Crippen LogP contribution in [0, 0.1) is 11.3 Å². The summed E-state index contributed by atoms with van der Waals surface area (Å²) in [4.78, 5) is 14.5. The van der Waals surface area contributed by atoms with Gasteiger partial charge in [0.25, 0.3) is 0 Å². The van der Waals surface area contributed by atoms with E-state index in [4.69, 9.17) is 5.26 Å². The zero-order valence-corrected chi connectivity index (χ0v) is 8.94. The van der Waals surface area contributed by atoms with Crippen molar-refractivity contribution in [3.05, 3.63) is 36.5 Å². The standard InChI is InChI=1S/C12H9N5/c13-4-3-12-14-6-11(17-12)8-1-2-9-10(5-8)16-7-15-9/h1-2,5-7H,3H2,(H,14,17)(H,15,16). The van der Waals surface area contributed by atoms with Gasteiger partial charge in [0.05, 0.1) is 41.7 Å². The minimum atomic E-state index is 0.298. The lowest BCUT2D eigenvalue weighted by molar-refractivity contribution is 1.06. The van der Waals surface area contributed by atoms with Gasteiger partial charge in [0.15, 0.2) is 0 Å². The smallest absolute Gasteiger partial charge is 0.120 e. The maximum absolute atomic E-state index is 8.59. The Kier molecular flexibility index (Phi) is 2.12. The highest BCUT2D eigenvalue weighted by atomic mass is 14.9. The fourth-order valence-electron chi connectivity index (χ4n) is 1.78. The highest BCUT2D eigenvalue weighted by molar-refractivity contribution is 5.80. The second kappa shape index (κ2) is 3.76. The van der Waals surface area contributed by atoms with E-state index in [1.165, 1.54) is 0 Å². The number of benzene rings is 1. The number of aromatic amines is 2. The summed E-state index contributed by atoms with van der Waals surface area (Å²) in [6.07, 6.45) is 3.71. The van der Waals surface area contributed by atoms with Crippen molar-refractivity contribution in [2.45, 2.75) is 6.42 Å². The van der Waals surface area contributed by atoms with E-state index in [9.17, 15) is 0 Å². The molecule has 0 atom stereocenters. The highest BCUT2D eigenvalue weighted by Crippen LogP contribution is 2.21. The number of nitrogens with one attached hydrogen (secondary N) is 2. The number of H-pyrrole nitrogens is 2. The van der Waals surface area contributed by atoms with Crippen molar-refractivity contribution in [2.24, 2.45) is 0 Å². The van der Waals surface area contributed by atoms with Gasteiger partial charge >= 0.3 is 0 Å². The Bertz CT molecular complexity index is 701. The van der Waals surface area contributed by atoms with Gasteiger partial charge in [0, 0.05) is 5.56 Å².